The van der Waals surface area contributed by atoms with Crippen LogP contribution in [0.1, 0.15) is 37.8 Å². The Bertz CT molecular complexity index is 996. The van der Waals surface area contributed by atoms with Gasteiger partial charge in [0.2, 0.25) is 5.91 Å². The molecule has 3 unspecified atom stereocenters. The largest absolute Gasteiger partial charge is 0.376 e. The van der Waals surface area contributed by atoms with Gasteiger partial charge < -0.3 is 15.0 Å². The summed E-state index contributed by atoms with van der Waals surface area (Å²) in [6.07, 6.45) is 2.43. The average molecular weight is 431 g/mol. The number of benzene rings is 2. The highest BCUT2D eigenvalue weighted by Gasteiger charge is 2.36. The fraction of sp³-hybridized carbons (Fsp3) is 0.522. The van der Waals surface area contributed by atoms with Crippen LogP contribution < -0.4 is 5.32 Å². The number of nitrogens with zero attached hydrogens (tertiary/aromatic N) is 1. The Balaban J connectivity index is 1.45. The second-order valence-corrected chi connectivity index (χ2v) is 10.6. The molecule has 2 aliphatic rings. The molecule has 7 heteroatoms. The number of rotatable bonds is 7. The maximum atomic E-state index is 13.1. The van der Waals surface area contributed by atoms with E-state index in [1.165, 1.54) is 10.8 Å². The molecule has 2 saturated heterocycles. The third-order valence-electron chi connectivity index (χ3n) is 6.24. The van der Waals surface area contributed by atoms with E-state index in [1.54, 1.807) is 4.90 Å². The first-order valence-electron chi connectivity index (χ1n) is 10.8. The molecule has 0 aliphatic carbocycles. The zero-order chi connectivity index (χ0) is 21.1. The SMILES string of the molecule is CC(NCC(=O)N(CC1CCCO1)C1CCS(=O)(=O)C1)c1cccc2ccccc12. The van der Waals surface area contributed by atoms with Gasteiger partial charge in [-0.3, -0.25) is 4.79 Å². The molecule has 2 fully saturated rings. The predicted octanol–water partition coefficient (Wildman–Crippen LogP) is 2.69. The van der Waals surface area contributed by atoms with Gasteiger partial charge in [-0.25, -0.2) is 8.42 Å². The lowest BCUT2D eigenvalue weighted by Gasteiger charge is -2.31. The van der Waals surface area contributed by atoms with Gasteiger partial charge in [0.05, 0.1) is 24.2 Å². The molecule has 4 rings (SSSR count). The van der Waals surface area contributed by atoms with Gasteiger partial charge >= 0.3 is 0 Å². The second kappa shape index (κ2) is 9.04. The van der Waals surface area contributed by atoms with E-state index in [0.29, 0.717) is 19.6 Å². The zero-order valence-electron chi connectivity index (χ0n) is 17.4. The fourth-order valence-electron chi connectivity index (χ4n) is 4.56. The number of ether oxygens (including phenoxy) is 1. The van der Waals surface area contributed by atoms with E-state index in [9.17, 15) is 13.2 Å². The molecule has 0 spiro atoms. The molecular formula is C23H30N2O4S. The van der Waals surface area contributed by atoms with Gasteiger partial charge in [-0.2, -0.15) is 0 Å². The first-order chi connectivity index (χ1) is 14.4. The van der Waals surface area contributed by atoms with Crippen LogP contribution in [0.15, 0.2) is 42.5 Å². The van der Waals surface area contributed by atoms with Crippen LogP contribution in [0.25, 0.3) is 10.8 Å². The van der Waals surface area contributed by atoms with Crippen molar-refractivity contribution in [2.45, 2.75) is 44.4 Å². The number of sulfone groups is 1. The van der Waals surface area contributed by atoms with Gasteiger partial charge in [-0.1, -0.05) is 42.5 Å². The lowest BCUT2D eigenvalue weighted by molar-refractivity contribution is -0.134. The number of carbonyl (C=O) groups excluding carboxylic acids is 1. The second-order valence-electron chi connectivity index (χ2n) is 8.41. The number of hydrogen-bond acceptors (Lipinski definition) is 5. The van der Waals surface area contributed by atoms with Crippen LogP contribution in [0.4, 0.5) is 0 Å². The third-order valence-corrected chi connectivity index (χ3v) is 7.99. The summed E-state index contributed by atoms with van der Waals surface area (Å²) in [5, 5.41) is 5.70. The smallest absolute Gasteiger partial charge is 0.236 e. The van der Waals surface area contributed by atoms with Gasteiger partial charge in [-0.15, -0.1) is 0 Å². The van der Waals surface area contributed by atoms with Crippen LogP contribution in [0, 0.1) is 0 Å². The van der Waals surface area contributed by atoms with Gasteiger partial charge in [0, 0.05) is 25.2 Å². The van der Waals surface area contributed by atoms with E-state index in [1.807, 2.05) is 18.2 Å². The van der Waals surface area contributed by atoms with Gasteiger partial charge in [-0.05, 0) is 42.5 Å². The minimum absolute atomic E-state index is 0.00283. The normalized spacial score (nSPS) is 24.2. The van der Waals surface area contributed by atoms with Gasteiger partial charge in [0.15, 0.2) is 9.84 Å². The summed E-state index contributed by atoms with van der Waals surface area (Å²) in [4.78, 5) is 14.9. The molecule has 0 bridgehead atoms. The molecule has 2 heterocycles. The van der Waals surface area contributed by atoms with Crippen molar-refractivity contribution in [1.29, 1.82) is 0 Å². The molecule has 3 atom stereocenters. The number of carbonyl (C=O) groups is 1. The summed E-state index contributed by atoms with van der Waals surface area (Å²) < 4.78 is 29.7. The molecule has 0 saturated carbocycles. The standard InChI is InChI=1S/C23H30N2O4S/c1-17(21-10-4-7-18-6-2-3-9-22(18)21)24-14-23(26)25(15-20-8-5-12-29-20)19-11-13-30(27,28)16-19/h2-4,6-7,9-10,17,19-20,24H,5,8,11-16H2,1H3. The molecule has 0 aromatic heterocycles. The van der Waals surface area contributed by atoms with E-state index in [-0.39, 0.29) is 42.1 Å². The Hall–Kier alpha value is -1.96. The molecule has 6 nitrogen and oxygen atoms in total. The molecule has 2 aliphatic heterocycles. The lowest BCUT2D eigenvalue weighted by Crippen LogP contribution is -2.48. The number of amides is 1. The minimum Gasteiger partial charge on any atom is -0.376 e. The Kier molecular flexibility index (Phi) is 6.41. The van der Waals surface area contributed by atoms with Crippen molar-refractivity contribution in [3.05, 3.63) is 48.0 Å². The number of fused-ring (bicyclic) bond motifs is 1. The molecule has 0 radical (unpaired) electrons. The fourth-order valence-corrected chi connectivity index (χ4v) is 6.29. The van der Waals surface area contributed by atoms with Crippen molar-refractivity contribution in [3.63, 3.8) is 0 Å². The van der Waals surface area contributed by atoms with E-state index in [4.69, 9.17) is 4.74 Å². The van der Waals surface area contributed by atoms with Gasteiger partial charge in [0.25, 0.3) is 0 Å². The highest BCUT2D eigenvalue weighted by Crippen LogP contribution is 2.25. The highest BCUT2D eigenvalue weighted by molar-refractivity contribution is 7.91. The monoisotopic (exact) mass is 430 g/mol. The Morgan fingerprint density at radius 2 is 2.00 bits per heavy atom. The van der Waals surface area contributed by atoms with Crippen LogP contribution in [-0.4, -0.2) is 62.6 Å². The van der Waals surface area contributed by atoms with E-state index in [2.05, 4.69) is 36.5 Å². The van der Waals surface area contributed by atoms with E-state index < -0.39 is 9.84 Å². The molecule has 1 N–H and O–H groups in total. The van der Waals surface area contributed by atoms with Crippen LogP contribution in [-0.2, 0) is 19.4 Å². The zero-order valence-corrected chi connectivity index (χ0v) is 18.2. The van der Waals surface area contributed by atoms with Crippen LogP contribution in [0.5, 0.6) is 0 Å². The van der Waals surface area contributed by atoms with Crippen LogP contribution in [0.3, 0.4) is 0 Å². The summed E-state index contributed by atoms with van der Waals surface area (Å²) in [5.41, 5.74) is 1.15. The summed E-state index contributed by atoms with van der Waals surface area (Å²) in [5.74, 6) is 0.164. The predicted molar refractivity (Wildman–Crippen MR) is 118 cm³/mol. The van der Waals surface area contributed by atoms with Crippen molar-refractivity contribution >= 4 is 26.5 Å². The maximum Gasteiger partial charge on any atom is 0.236 e. The van der Waals surface area contributed by atoms with Crippen molar-refractivity contribution in [2.24, 2.45) is 0 Å². The van der Waals surface area contributed by atoms with Crippen LogP contribution in [0.2, 0.25) is 0 Å². The quantitative estimate of drug-likeness (QED) is 0.731. The Morgan fingerprint density at radius 3 is 2.73 bits per heavy atom. The Morgan fingerprint density at radius 1 is 1.20 bits per heavy atom. The highest BCUT2D eigenvalue weighted by atomic mass is 32.2. The molecule has 162 valence electrons. The van der Waals surface area contributed by atoms with Crippen molar-refractivity contribution < 1.29 is 17.9 Å². The lowest BCUT2D eigenvalue weighted by atomic mass is 10.00. The van der Waals surface area contributed by atoms with Crippen molar-refractivity contribution in [1.82, 2.24) is 10.2 Å². The molecular weight excluding hydrogens is 400 g/mol. The van der Waals surface area contributed by atoms with E-state index in [0.717, 1.165) is 18.4 Å². The summed E-state index contributed by atoms with van der Waals surface area (Å²) in [7, 11) is -3.06. The molecule has 1 amide bonds. The van der Waals surface area contributed by atoms with Crippen molar-refractivity contribution in [2.75, 3.05) is 31.2 Å². The average Bonchev–Trinajstić information content (AvgIpc) is 3.38. The topological polar surface area (TPSA) is 75.7 Å². The summed E-state index contributed by atoms with van der Waals surface area (Å²) in [6, 6.07) is 14.2. The molecule has 2 aromatic rings. The number of hydrogen-bond donors (Lipinski definition) is 1. The summed E-state index contributed by atoms with van der Waals surface area (Å²) >= 11 is 0. The van der Waals surface area contributed by atoms with Crippen LogP contribution >= 0.6 is 0 Å². The first-order valence-corrected chi connectivity index (χ1v) is 12.6. The maximum absolute atomic E-state index is 13.1. The number of nitrogens with one attached hydrogen (secondary N) is 1. The molecule has 2 aromatic carbocycles. The van der Waals surface area contributed by atoms with Crippen molar-refractivity contribution in [3.8, 4) is 0 Å². The minimum atomic E-state index is -3.06. The Labute approximate surface area is 178 Å². The third kappa shape index (κ3) is 4.85. The van der Waals surface area contributed by atoms with Gasteiger partial charge in [0.1, 0.15) is 0 Å². The summed E-state index contributed by atoms with van der Waals surface area (Å²) in [6.45, 7) is 3.42. The van der Waals surface area contributed by atoms with E-state index >= 15 is 0 Å². The molecule has 30 heavy (non-hydrogen) atoms. The first kappa shape index (κ1) is 21.3.